The molecule has 0 atom stereocenters. The standard InChI is InChI=1S/C10H8BrF3O/c1-2-9(15)7-5-6(10(12,13)14)3-4-8(7)11/h3-5H,2H2,1H3. The van der Waals surface area contributed by atoms with E-state index < -0.39 is 11.7 Å². The van der Waals surface area contributed by atoms with Crippen molar-refractivity contribution in [2.24, 2.45) is 0 Å². The van der Waals surface area contributed by atoms with Gasteiger partial charge in [-0.05, 0) is 18.2 Å². The summed E-state index contributed by atoms with van der Waals surface area (Å²) in [5.41, 5.74) is -0.727. The van der Waals surface area contributed by atoms with Gasteiger partial charge in [-0.1, -0.05) is 22.9 Å². The van der Waals surface area contributed by atoms with Gasteiger partial charge in [-0.25, -0.2) is 0 Å². The predicted octanol–water partition coefficient (Wildman–Crippen LogP) is 4.06. The lowest BCUT2D eigenvalue weighted by atomic mass is 10.1. The zero-order chi connectivity index (χ0) is 11.6. The molecule has 0 N–H and O–H groups in total. The Bertz CT molecular complexity index is 385. The Balaban J connectivity index is 3.23. The summed E-state index contributed by atoms with van der Waals surface area (Å²) in [6.45, 7) is 1.61. The third-order valence-electron chi connectivity index (χ3n) is 1.92. The smallest absolute Gasteiger partial charge is 0.294 e. The number of ketones is 1. The van der Waals surface area contributed by atoms with Crippen molar-refractivity contribution < 1.29 is 18.0 Å². The van der Waals surface area contributed by atoms with Crippen molar-refractivity contribution in [1.29, 1.82) is 0 Å². The van der Waals surface area contributed by atoms with Crippen LogP contribution >= 0.6 is 15.9 Å². The first kappa shape index (κ1) is 12.2. The molecule has 5 heteroatoms. The van der Waals surface area contributed by atoms with Gasteiger partial charge in [0.15, 0.2) is 5.78 Å². The number of alkyl halides is 3. The fourth-order valence-electron chi connectivity index (χ4n) is 1.11. The van der Waals surface area contributed by atoms with Crippen LogP contribution in [0.25, 0.3) is 0 Å². The maximum Gasteiger partial charge on any atom is 0.416 e. The number of halogens is 4. The molecular weight excluding hydrogens is 273 g/mol. The molecule has 82 valence electrons. The monoisotopic (exact) mass is 280 g/mol. The molecule has 0 heterocycles. The number of benzene rings is 1. The van der Waals surface area contributed by atoms with Crippen LogP contribution < -0.4 is 0 Å². The van der Waals surface area contributed by atoms with E-state index in [1.165, 1.54) is 6.07 Å². The second kappa shape index (κ2) is 4.35. The summed E-state index contributed by atoms with van der Waals surface area (Å²) < 4.78 is 37.4. The van der Waals surface area contributed by atoms with Crippen LogP contribution in [-0.2, 0) is 6.18 Å². The summed E-state index contributed by atoms with van der Waals surface area (Å²) in [5, 5.41) is 0. The normalized spacial score (nSPS) is 11.5. The third-order valence-corrected chi connectivity index (χ3v) is 2.61. The van der Waals surface area contributed by atoms with Gasteiger partial charge in [-0.3, -0.25) is 4.79 Å². The highest BCUT2D eigenvalue weighted by molar-refractivity contribution is 9.10. The van der Waals surface area contributed by atoms with Crippen LogP contribution in [0.15, 0.2) is 22.7 Å². The lowest BCUT2D eigenvalue weighted by Gasteiger charge is -2.09. The van der Waals surface area contributed by atoms with E-state index in [-0.39, 0.29) is 17.8 Å². The Morgan fingerprint density at radius 2 is 2.00 bits per heavy atom. The van der Waals surface area contributed by atoms with Crippen LogP contribution in [0.1, 0.15) is 29.3 Å². The molecule has 0 radical (unpaired) electrons. The van der Waals surface area contributed by atoms with Crippen LogP contribution in [0.2, 0.25) is 0 Å². The molecule has 0 unspecified atom stereocenters. The maximum atomic E-state index is 12.3. The Labute approximate surface area is 93.4 Å². The van der Waals surface area contributed by atoms with E-state index in [1.54, 1.807) is 6.92 Å². The highest BCUT2D eigenvalue weighted by Crippen LogP contribution is 2.32. The van der Waals surface area contributed by atoms with E-state index in [4.69, 9.17) is 0 Å². The number of Topliss-reactive ketones (excluding diaryl/α,β-unsaturated/α-hetero) is 1. The van der Waals surface area contributed by atoms with E-state index in [0.717, 1.165) is 12.1 Å². The van der Waals surface area contributed by atoms with Crippen molar-refractivity contribution >= 4 is 21.7 Å². The minimum atomic E-state index is -4.41. The number of carbonyl (C=O) groups excluding carboxylic acids is 1. The summed E-state index contributed by atoms with van der Waals surface area (Å²) in [6, 6.07) is 3.05. The fourth-order valence-corrected chi connectivity index (χ4v) is 1.57. The number of hydrogen-bond acceptors (Lipinski definition) is 1. The van der Waals surface area contributed by atoms with E-state index in [1.807, 2.05) is 0 Å². The van der Waals surface area contributed by atoms with Crippen LogP contribution in [0.3, 0.4) is 0 Å². The minimum absolute atomic E-state index is 0.0762. The Kier molecular flexibility index (Phi) is 3.54. The van der Waals surface area contributed by atoms with Gasteiger partial charge in [0.1, 0.15) is 0 Å². The van der Waals surface area contributed by atoms with Crippen molar-refractivity contribution in [2.75, 3.05) is 0 Å². The van der Waals surface area contributed by atoms with Crippen molar-refractivity contribution in [3.63, 3.8) is 0 Å². The van der Waals surface area contributed by atoms with Gasteiger partial charge in [-0.2, -0.15) is 13.2 Å². The molecular formula is C10H8BrF3O. The minimum Gasteiger partial charge on any atom is -0.294 e. The molecule has 1 rings (SSSR count). The number of carbonyl (C=O) groups is 1. The van der Waals surface area contributed by atoms with Gasteiger partial charge < -0.3 is 0 Å². The van der Waals surface area contributed by atoms with Gasteiger partial charge in [0, 0.05) is 16.5 Å². The van der Waals surface area contributed by atoms with E-state index in [2.05, 4.69) is 15.9 Å². The summed E-state index contributed by atoms with van der Waals surface area (Å²) in [6.07, 6.45) is -4.23. The van der Waals surface area contributed by atoms with Crippen molar-refractivity contribution in [1.82, 2.24) is 0 Å². The second-order valence-corrected chi connectivity index (χ2v) is 3.82. The molecule has 15 heavy (non-hydrogen) atoms. The highest BCUT2D eigenvalue weighted by atomic mass is 79.9. The quantitative estimate of drug-likeness (QED) is 0.747. The van der Waals surface area contributed by atoms with E-state index >= 15 is 0 Å². The lowest BCUT2D eigenvalue weighted by Crippen LogP contribution is -2.07. The average Bonchev–Trinajstić information content (AvgIpc) is 2.15. The predicted molar refractivity (Wildman–Crippen MR) is 53.8 cm³/mol. The van der Waals surface area contributed by atoms with Gasteiger partial charge in [0.2, 0.25) is 0 Å². The molecule has 0 spiro atoms. The van der Waals surface area contributed by atoms with Crippen LogP contribution in [0, 0.1) is 0 Å². The zero-order valence-corrected chi connectivity index (χ0v) is 9.45. The van der Waals surface area contributed by atoms with Crippen molar-refractivity contribution in [3.8, 4) is 0 Å². The number of hydrogen-bond donors (Lipinski definition) is 0. The largest absolute Gasteiger partial charge is 0.416 e. The molecule has 0 saturated heterocycles. The van der Waals surface area contributed by atoms with Crippen molar-refractivity contribution in [2.45, 2.75) is 19.5 Å². The lowest BCUT2D eigenvalue weighted by molar-refractivity contribution is -0.137. The van der Waals surface area contributed by atoms with Crippen LogP contribution in [0.5, 0.6) is 0 Å². The van der Waals surface area contributed by atoms with Crippen LogP contribution in [-0.4, -0.2) is 5.78 Å². The van der Waals surface area contributed by atoms with E-state index in [0.29, 0.717) is 4.47 Å². The van der Waals surface area contributed by atoms with Gasteiger partial charge >= 0.3 is 6.18 Å². The topological polar surface area (TPSA) is 17.1 Å². The zero-order valence-electron chi connectivity index (χ0n) is 7.86. The first-order valence-corrected chi connectivity index (χ1v) is 5.05. The molecule has 1 aromatic carbocycles. The summed E-state index contributed by atoms with van der Waals surface area (Å²) in [4.78, 5) is 11.3. The first-order chi connectivity index (χ1) is 6.86. The molecule has 0 saturated carbocycles. The Hall–Kier alpha value is -0.840. The van der Waals surface area contributed by atoms with Gasteiger partial charge in [0.05, 0.1) is 5.56 Å². The summed E-state index contributed by atoms with van der Waals surface area (Å²) in [7, 11) is 0. The molecule has 0 aliphatic heterocycles. The molecule has 0 aliphatic carbocycles. The molecule has 1 aromatic rings. The highest BCUT2D eigenvalue weighted by Gasteiger charge is 2.31. The van der Waals surface area contributed by atoms with Gasteiger partial charge in [-0.15, -0.1) is 0 Å². The summed E-state index contributed by atoms with van der Waals surface area (Å²) >= 11 is 3.05. The molecule has 1 nitrogen and oxygen atoms in total. The first-order valence-electron chi connectivity index (χ1n) is 4.26. The summed E-state index contributed by atoms with van der Waals surface area (Å²) in [5.74, 6) is -0.312. The van der Waals surface area contributed by atoms with E-state index in [9.17, 15) is 18.0 Å². The number of rotatable bonds is 2. The third kappa shape index (κ3) is 2.81. The molecule has 0 bridgehead atoms. The Morgan fingerprint density at radius 1 is 1.40 bits per heavy atom. The Morgan fingerprint density at radius 3 is 2.47 bits per heavy atom. The fraction of sp³-hybridized carbons (Fsp3) is 0.300. The molecule has 0 aromatic heterocycles. The molecule has 0 fully saturated rings. The van der Waals surface area contributed by atoms with Crippen LogP contribution in [0.4, 0.5) is 13.2 Å². The molecule has 0 amide bonds. The molecule has 0 aliphatic rings. The average molecular weight is 281 g/mol. The van der Waals surface area contributed by atoms with Crippen molar-refractivity contribution in [3.05, 3.63) is 33.8 Å². The second-order valence-electron chi connectivity index (χ2n) is 2.97. The van der Waals surface area contributed by atoms with Gasteiger partial charge in [0.25, 0.3) is 0 Å². The maximum absolute atomic E-state index is 12.3. The SMILES string of the molecule is CCC(=O)c1cc(C(F)(F)F)ccc1Br.